The van der Waals surface area contributed by atoms with Gasteiger partial charge in [0, 0.05) is 6.42 Å². The van der Waals surface area contributed by atoms with Gasteiger partial charge in [0.15, 0.2) is 11.6 Å². The number of Topliss-reactive ketones (excluding diaryl/α,β-unsaturated/α-hetero) is 1. The highest BCUT2D eigenvalue weighted by molar-refractivity contribution is 6.31. The molecule has 0 atom stereocenters. The Morgan fingerprint density at radius 3 is 2.75 bits per heavy atom. The van der Waals surface area contributed by atoms with Crippen LogP contribution < -0.4 is 10.5 Å². The first-order chi connectivity index (χ1) is 7.52. The molecular formula is C11H13ClFNO2. The Hall–Kier alpha value is -1.13. The summed E-state index contributed by atoms with van der Waals surface area (Å²) in [6, 6.07) is 1.43. The predicted octanol–water partition coefficient (Wildman–Crippen LogP) is 2.33. The summed E-state index contributed by atoms with van der Waals surface area (Å²) in [6.45, 7) is 1.86. The van der Waals surface area contributed by atoms with Crippen molar-refractivity contribution >= 4 is 17.4 Å². The Morgan fingerprint density at radius 2 is 2.25 bits per heavy atom. The number of hydrogen-bond acceptors (Lipinski definition) is 3. The number of carbonyl (C=O) groups is 1. The van der Waals surface area contributed by atoms with Gasteiger partial charge in [-0.2, -0.15) is 0 Å². The number of ether oxygens (including phenoxy) is 1. The third kappa shape index (κ3) is 2.33. The van der Waals surface area contributed by atoms with Crippen molar-refractivity contribution in [3.05, 3.63) is 28.0 Å². The number of methoxy groups -OCH3 is 1. The Balaban J connectivity index is 3.38. The number of benzene rings is 1. The van der Waals surface area contributed by atoms with E-state index in [1.807, 2.05) is 0 Å². The Labute approximate surface area is 98.3 Å². The van der Waals surface area contributed by atoms with E-state index in [0.717, 1.165) is 0 Å². The SMILES string of the molecule is COc1c(C)cc(Cl)c(F)c1C(=O)CCN. The second-order valence-corrected chi connectivity index (χ2v) is 3.77. The maximum absolute atomic E-state index is 13.7. The molecule has 88 valence electrons. The van der Waals surface area contributed by atoms with E-state index in [9.17, 15) is 9.18 Å². The molecule has 0 bridgehead atoms. The number of hydrogen-bond donors (Lipinski definition) is 1. The van der Waals surface area contributed by atoms with Crippen molar-refractivity contribution in [1.29, 1.82) is 0 Å². The highest BCUT2D eigenvalue weighted by Crippen LogP contribution is 2.32. The van der Waals surface area contributed by atoms with Gasteiger partial charge in [-0.15, -0.1) is 0 Å². The molecule has 0 fully saturated rings. The van der Waals surface area contributed by atoms with Gasteiger partial charge in [0.05, 0.1) is 17.7 Å². The number of rotatable bonds is 4. The number of halogens is 2. The summed E-state index contributed by atoms with van der Waals surface area (Å²) >= 11 is 5.68. The van der Waals surface area contributed by atoms with E-state index in [2.05, 4.69) is 0 Å². The molecule has 16 heavy (non-hydrogen) atoms. The average molecular weight is 246 g/mol. The monoisotopic (exact) mass is 245 g/mol. The molecule has 0 aliphatic heterocycles. The third-order valence-corrected chi connectivity index (χ3v) is 2.49. The molecule has 0 aliphatic rings. The lowest BCUT2D eigenvalue weighted by atomic mass is 10.0. The summed E-state index contributed by atoms with van der Waals surface area (Å²) < 4.78 is 18.7. The van der Waals surface area contributed by atoms with E-state index >= 15 is 0 Å². The lowest BCUT2D eigenvalue weighted by Crippen LogP contribution is -2.12. The maximum Gasteiger partial charge on any atom is 0.170 e. The molecule has 0 aliphatic carbocycles. The Kier molecular flexibility index (Phi) is 4.26. The molecule has 1 rings (SSSR count). The van der Waals surface area contributed by atoms with E-state index < -0.39 is 11.6 Å². The van der Waals surface area contributed by atoms with Crippen LogP contribution in [0.15, 0.2) is 6.07 Å². The summed E-state index contributed by atoms with van der Waals surface area (Å²) in [6.07, 6.45) is 0.0626. The zero-order valence-electron chi connectivity index (χ0n) is 9.14. The van der Waals surface area contributed by atoms with Gasteiger partial charge in [0.1, 0.15) is 5.75 Å². The molecule has 0 unspecified atom stereocenters. The minimum absolute atomic E-state index is 0.0626. The Bertz CT molecular complexity index is 421. The summed E-state index contributed by atoms with van der Waals surface area (Å²) in [5.41, 5.74) is 5.77. The molecule has 1 aromatic carbocycles. The Morgan fingerprint density at radius 1 is 1.62 bits per heavy atom. The molecule has 3 nitrogen and oxygen atoms in total. The number of carbonyl (C=O) groups excluding carboxylic acids is 1. The normalized spacial score (nSPS) is 10.3. The first kappa shape index (κ1) is 12.9. The first-order valence-electron chi connectivity index (χ1n) is 4.78. The molecule has 0 aromatic heterocycles. The summed E-state index contributed by atoms with van der Waals surface area (Å²) in [5, 5.41) is -0.0846. The van der Waals surface area contributed by atoms with Crippen LogP contribution in [-0.2, 0) is 0 Å². The van der Waals surface area contributed by atoms with Crippen LogP contribution in [0.4, 0.5) is 4.39 Å². The number of nitrogens with two attached hydrogens (primary N) is 1. The number of ketones is 1. The van der Waals surface area contributed by atoms with E-state index in [4.69, 9.17) is 22.1 Å². The molecular weight excluding hydrogens is 233 g/mol. The molecule has 5 heteroatoms. The zero-order chi connectivity index (χ0) is 12.3. The van der Waals surface area contributed by atoms with Crippen molar-refractivity contribution in [1.82, 2.24) is 0 Å². The molecule has 2 N–H and O–H groups in total. The van der Waals surface area contributed by atoms with Crippen LogP contribution in [0.5, 0.6) is 5.75 Å². The van der Waals surface area contributed by atoms with Gasteiger partial charge in [-0.25, -0.2) is 4.39 Å². The van der Waals surface area contributed by atoms with Gasteiger partial charge in [-0.3, -0.25) is 4.79 Å². The van der Waals surface area contributed by atoms with E-state index in [-0.39, 0.29) is 29.3 Å². The smallest absolute Gasteiger partial charge is 0.170 e. The largest absolute Gasteiger partial charge is 0.496 e. The van der Waals surface area contributed by atoms with Gasteiger partial charge in [0.25, 0.3) is 0 Å². The van der Waals surface area contributed by atoms with Crippen LogP contribution in [0.3, 0.4) is 0 Å². The van der Waals surface area contributed by atoms with E-state index in [1.54, 1.807) is 6.92 Å². The fraction of sp³-hybridized carbons (Fsp3) is 0.364. The third-order valence-electron chi connectivity index (χ3n) is 2.21. The highest BCUT2D eigenvalue weighted by atomic mass is 35.5. The van der Waals surface area contributed by atoms with Crippen LogP contribution in [0.25, 0.3) is 0 Å². The quantitative estimate of drug-likeness (QED) is 0.829. The average Bonchev–Trinajstić information content (AvgIpc) is 2.23. The van der Waals surface area contributed by atoms with Crippen LogP contribution in [0, 0.1) is 12.7 Å². The van der Waals surface area contributed by atoms with Crippen LogP contribution in [0.2, 0.25) is 5.02 Å². The van der Waals surface area contributed by atoms with Gasteiger partial charge >= 0.3 is 0 Å². The van der Waals surface area contributed by atoms with Crippen LogP contribution in [0.1, 0.15) is 22.3 Å². The fourth-order valence-corrected chi connectivity index (χ4v) is 1.76. The molecule has 0 saturated heterocycles. The van der Waals surface area contributed by atoms with Crippen LogP contribution >= 0.6 is 11.6 Å². The first-order valence-corrected chi connectivity index (χ1v) is 5.16. The second kappa shape index (κ2) is 5.27. The van der Waals surface area contributed by atoms with Crippen molar-refractivity contribution < 1.29 is 13.9 Å². The molecule has 0 amide bonds. The molecule has 0 radical (unpaired) electrons. The molecule has 0 spiro atoms. The van der Waals surface area contributed by atoms with Crippen molar-refractivity contribution in [2.45, 2.75) is 13.3 Å². The van der Waals surface area contributed by atoms with Gasteiger partial charge in [0.2, 0.25) is 0 Å². The van der Waals surface area contributed by atoms with Gasteiger partial charge < -0.3 is 10.5 Å². The number of aryl methyl sites for hydroxylation is 1. The van der Waals surface area contributed by atoms with E-state index in [1.165, 1.54) is 13.2 Å². The van der Waals surface area contributed by atoms with E-state index in [0.29, 0.717) is 5.56 Å². The maximum atomic E-state index is 13.7. The summed E-state index contributed by atoms with van der Waals surface area (Å²) in [7, 11) is 1.38. The molecule has 1 aromatic rings. The molecule has 0 saturated carbocycles. The zero-order valence-corrected chi connectivity index (χ0v) is 9.90. The fourth-order valence-electron chi connectivity index (χ4n) is 1.50. The summed E-state index contributed by atoms with van der Waals surface area (Å²) in [4.78, 5) is 11.7. The predicted molar refractivity (Wildman–Crippen MR) is 60.7 cm³/mol. The topological polar surface area (TPSA) is 52.3 Å². The minimum Gasteiger partial charge on any atom is -0.496 e. The second-order valence-electron chi connectivity index (χ2n) is 3.36. The minimum atomic E-state index is -0.748. The van der Waals surface area contributed by atoms with Crippen LogP contribution in [-0.4, -0.2) is 19.4 Å². The van der Waals surface area contributed by atoms with Gasteiger partial charge in [-0.05, 0) is 25.1 Å². The summed E-state index contributed by atoms with van der Waals surface area (Å²) in [5.74, 6) is -0.926. The standard InChI is InChI=1S/C11H13ClFNO2/c1-6-5-7(12)10(13)9(11(6)16-2)8(15)3-4-14/h5H,3-4,14H2,1-2H3. The van der Waals surface area contributed by atoms with Crippen molar-refractivity contribution in [2.75, 3.05) is 13.7 Å². The lowest BCUT2D eigenvalue weighted by Gasteiger charge is -2.12. The van der Waals surface area contributed by atoms with Gasteiger partial charge in [-0.1, -0.05) is 11.6 Å². The lowest BCUT2D eigenvalue weighted by molar-refractivity contribution is 0.0978. The molecule has 0 heterocycles. The van der Waals surface area contributed by atoms with Crippen molar-refractivity contribution in [3.63, 3.8) is 0 Å². The van der Waals surface area contributed by atoms with Crippen molar-refractivity contribution in [2.24, 2.45) is 5.73 Å². The van der Waals surface area contributed by atoms with Crippen molar-refractivity contribution in [3.8, 4) is 5.75 Å². The highest BCUT2D eigenvalue weighted by Gasteiger charge is 2.21.